The lowest BCUT2D eigenvalue weighted by Gasteiger charge is -2.38. The number of halogens is 1. The molecule has 0 fully saturated rings. The first-order valence-corrected chi connectivity index (χ1v) is 16.5. The second-order valence-corrected chi connectivity index (χ2v) is 14.9. The molecule has 1 aromatic heterocycles. The van der Waals surface area contributed by atoms with Crippen LogP contribution in [0.5, 0.6) is 5.75 Å². The summed E-state index contributed by atoms with van der Waals surface area (Å²) in [5.74, 6) is -0.597. The predicted molar refractivity (Wildman–Crippen MR) is 154 cm³/mol. The van der Waals surface area contributed by atoms with E-state index in [-0.39, 0.29) is 51.7 Å². The van der Waals surface area contributed by atoms with Gasteiger partial charge in [-0.3, -0.25) is 9.52 Å². The minimum Gasteiger partial charge on any atom is -0.488 e. The van der Waals surface area contributed by atoms with Crippen LogP contribution in [0.1, 0.15) is 24.2 Å². The molecule has 14 heteroatoms. The number of thiophene rings is 1. The molecule has 3 atom stereocenters. The summed E-state index contributed by atoms with van der Waals surface area (Å²) in [6.07, 6.45) is -0.680. The number of fused-ring (bicyclic) bond motifs is 1. The third-order valence-corrected chi connectivity index (χ3v) is 11.5. The average Bonchev–Trinajstić information content (AvgIpc) is 3.47. The zero-order valence-electron chi connectivity index (χ0n) is 22.0. The molecular weight excluding hydrogens is 598 g/mol. The molecule has 0 unspecified atom stereocenters. The van der Waals surface area contributed by atoms with Crippen molar-refractivity contribution in [3.8, 4) is 5.75 Å². The van der Waals surface area contributed by atoms with E-state index < -0.39 is 38.1 Å². The molecule has 40 heavy (non-hydrogen) atoms. The summed E-state index contributed by atoms with van der Waals surface area (Å²) < 4.78 is 62.1. The van der Waals surface area contributed by atoms with Crippen molar-refractivity contribution in [3.63, 3.8) is 0 Å². The Balaban J connectivity index is 1.68. The number of amides is 1. The lowest BCUT2D eigenvalue weighted by molar-refractivity contribution is 0.0387. The van der Waals surface area contributed by atoms with Gasteiger partial charge in [0.15, 0.2) is 0 Å². The van der Waals surface area contributed by atoms with Gasteiger partial charge in [-0.1, -0.05) is 24.6 Å². The van der Waals surface area contributed by atoms with Gasteiger partial charge in [0.05, 0.1) is 29.7 Å². The number of ether oxygens (including phenoxy) is 1. The van der Waals surface area contributed by atoms with Crippen LogP contribution >= 0.6 is 22.9 Å². The molecule has 0 aliphatic carbocycles. The van der Waals surface area contributed by atoms with Crippen molar-refractivity contribution in [1.82, 2.24) is 9.21 Å². The van der Waals surface area contributed by atoms with Crippen LogP contribution in [0.15, 0.2) is 69.1 Å². The summed E-state index contributed by atoms with van der Waals surface area (Å²) >= 11 is 6.98. The molecule has 1 amide bonds. The summed E-state index contributed by atoms with van der Waals surface area (Å²) in [6, 6.07) is 12.7. The van der Waals surface area contributed by atoms with E-state index in [0.717, 1.165) is 11.3 Å². The number of benzene rings is 2. The molecule has 2 N–H and O–H groups in total. The van der Waals surface area contributed by atoms with Gasteiger partial charge in [0, 0.05) is 30.2 Å². The van der Waals surface area contributed by atoms with E-state index in [9.17, 15) is 26.7 Å². The lowest BCUT2D eigenvalue weighted by Crippen LogP contribution is -2.50. The third kappa shape index (κ3) is 6.45. The van der Waals surface area contributed by atoms with Gasteiger partial charge in [-0.2, -0.15) is 4.31 Å². The number of rotatable bonds is 9. The quantitative estimate of drug-likeness (QED) is 0.369. The van der Waals surface area contributed by atoms with Crippen LogP contribution in [0, 0.1) is 5.92 Å². The number of nitrogens with one attached hydrogen (secondary N) is 1. The number of aliphatic hydroxyl groups is 1. The lowest BCUT2D eigenvalue weighted by atomic mass is 9.99. The van der Waals surface area contributed by atoms with Crippen LogP contribution in [0.25, 0.3) is 0 Å². The number of nitrogens with zero attached hydrogens (tertiary/aromatic N) is 2. The van der Waals surface area contributed by atoms with Crippen molar-refractivity contribution in [2.24, 2.45) is 5.92 Å². The molecule has 1 aliphatic heterocycles. The Kier molecular flexibility index (Phi) is 9.12. The van der Waals surface area contributed by atoms with Crippen molar-refractivity contribution < 1.29 is 31.5 Å². The second kappa shape index (κ2) is 12.0. The van der Waals surface area contributed by atoms with E-state index in [1.807, 2.05) is 6.92 Å². The van der Waals surface area contributed by atoms with Crippen LogP contribution < -0.4 is 9.46 Å². The maximum atomic E-state index is 13.6. The molecule has 3 aromatic rings. The SMILES string of the molecule is C[C@H]1CN([C@@H](C)CO)C(=O)c2cc(NS(=O)(=O)c3cccs3)ccc2O[C@H]1CN(C)S(=O)(=O)c1ccc(Cl)cc1. The maximum absolute atomic E-state index is 13.6. The standard InChI is InChI=1S/C26H30ClN3O7S3/c1-17-14-30(18(2)16-31)26(32)22-13-20(28-39(33,34)25-5-4-12-38-25)8-11-23(22)37-24(17)15-29(3)40(35,36)21-9-6-19(27)7-10-21/h4-13,17-18,24,28,31H,14-16H2,1-3H3/t17-,18-,24-/m0/s1. The first-order valence-electron chi connectivity index (χ1n) is 12.3. The number of hydrogen-bond donors (Lipinski definition) is 2. The smallest absolute Gasteiger partial charge is 0.271 e. The van der Waals surface area contributed by atoms with E-state index in [2.05, 4.69) is 4.72 Å². The molecule has 0 radical (unpaired) electrons. The van der Waals surface area contributed by atoms with Crippen molar-refractivity contribution in [1.29, 1.82) is 0 Å². The van der Waals surface area contributed by atoms with E-state index in [0.29, 0.717) is 5.02 Å². The third-order valence-electron chi connectivity index (χ3n) is 6.64. The maximum Gasteiger partial charge on any atom is 0.271 e. The van der Waals surface area contributed by atoms with E-state index in [1.165, 1.54) is 64.8 Å². The van der Waals surface area contributed by atoms with Gasteiger partial charge < -0.3 is 14.7 Å². The van der Waals surface area contributed by atoms with Crippen molar-refractivity contribution in [3.05, 3.63) is 70.6 Å². The molecule has 1 aliphatic rings. The molecule has 2 aromatic carbocycles. The fourth-order valence-corrected chi connectivity index (χ4v) is 7.62. The Hall–Kier alpha value is -2.68. The van der Waals surface area contributed by atoms with Gasteiger partial charge in [0.25, 0.3) is 15.9 Å². The summed E-state index contributed by atoms with van der Waals surface area (Å²) in [5, 5.41) is 11.9. The Morgan fingerprint density at radius 1 is 1.18 bits per heavy atom. The van der Waals surface area contributed by atoms with Gasteiger partial charge in [0.1, 0.15) is 16.1 Å². The number of carbonyl (C=O) groups excluding carboxylic acids is 1. The summed E-state index contributed by atoms with van der Waals surface area (Å²) in [4.78, 5) is 15.2. The van der Waals surface area contributed by atoms with Crippen LogP contribution in [-0.2, 0) is 20.0 Å². The number of aliphatic hydroxyl groups excluding tert-OH is 1. The normalized spacial score (nSPS) is 18.9. The molecule has 0 spiro atoms. The van der Waals surface area contributed by atoms with E-state index in [4.69, 9.17) is 16.3 Å². The highest BCUT2D eigenvalue weighted by molar-refractivity contribution is 7.94. The zero-order chi connectivity index (χ0) is 29.2. The minimum absolute atomic E-state index is 0.0339. The zero-order valence-corrected chi connectivity index (χ0v) is 25.2. The van der Waals surface area contributed by atoms with Gasteiger partial charge in [-0.05, 0) is 60.8 Å². The Morgan fingerprint density at radius 2 is 1.88 bits per heavy atom. The van der Waals surface area contributed by atoms with Crippen molar-refractivity contribution in [2.75, 3.05) is 31.5 Å². The highest BCUT2D eigenvalue weighted by Gasteiger charge is 2.35. The largest absolute Gasteiger partial charge is 0.488 e. The van der Waals surface area contributed by atoms with Gasteiger partial charge >= 0.3 is 0 Å². The molecule has 0 saturated heterocycles. The Labute approximate surface area is 243 Å². The fourth-order valence-electron chi connectivity index (χ4n) is 4.26. The molecule has 0 bridgehead atoms. The first kappa shape index (κ1) is 30.3. The second-order valence-electron chi connectivity index (χ2n) is 9.61. The van der Waals surface area contributed by atoms with Crippen LogP contribution in [0.4, 0.5) is 5.69 Å². The van der Waals surface area contributed by atoms with E-state index in [1.54, 1.807) is 18.4 Å². The summed E-state index contributed by atoms with van der Waals surface area (Å²) in [6.45, 7) is 3.38. The summed E-state index contributed by atoms with van der Waals surface area (Å²) in [5.41, 5.74) is 0.250. The van der Waals surface area contributed by atoms with Crippen LogP contribution in [0.2, 0.25) is 5.02 Å². The predicted octanol–water partition coefficient (Wildman–Crippen LogP) is 3.74. The van der Waals surface area contributed by atoms with Crippen LogP contribution in [0.3, 0.4) is 0 Å². The number of hydrogen-bond acceptors (Lipinski definition) is 8. The van der Waals surface area contributed by atoms with Crippen molar-refractivity contribution >= 4 is 54.6 Å². The molecule has 4 rings (SSSR count). The molecular formula is C26H30ClN3O7S3. The van der Waals surface area contributed by atoms with Gasteiger partial charge in [-0.15, -0.1) is 11.3 Å². The van der Waals surface area contributed by atoms with E-state index >= 15 is 0 Å². The number of anilines is 1. The first-order chi connectivity index (χ1) is 18.8. The highest BCUT2D eigenvalue weighted by Crippen LogP contribution is 2.32. The molecule has 2 heterocycles. The van der Waals surface area contributed by atoms with Gasteiger partial charge in [-0.25, -0.2) is 16.8 Å². The minimum atomic E-state index is -3.87. The van der Waals surface area contributed by atoms with Crippen molar-refractivity contribution in [2.45, 2.75) is 35.1 Å². The number of carbonyl (C=O) groups is 1. The monoisotopic (exact) mass is 627 g/mol. The molecule has 216 valence electrons. The number of sulfonamides is 2. The van der Waals surface area contributed by atoms with Crippen LogP contribution in [-0.4, -0.2) is 75.9 Å². The topological polar surface area (TPSA) is 133 Å². The summed E-state index contributed by atoms with van der Waals surface area (Å²) in [7, 11) is -6.29. The highest BCUT2D eigenvalue weighted by atomic mass is 35.5. The molecule has 10 nitrogen and oxygen atoms in total. The molecule has 0 saturated carbocycles. The van der Waals surface area contributed by atoms with Gasteiger partial charge in [0.2, 0.25) is 10.0 Å². The Morgan fingerprint density at radius 3 is 2.50 bits per heavy atom. The number of likely N-dealkylation sites (N-methyl/N-ethyl adjacent to an activating group) is 1. The fraction of sp³-hybridized carbons (Fsp3) is 0.346. The average molecular weight is 628 g/mol. The Bertz CT molecular complexity index is 1560.